The SMILES string of the molecule is COC(=O)c1ccc(C2C3=C(CC(c4ccc(C(C)(C)C)cc4)CC3=O)Nc3ccccc3N2C(=O)c2ccccc2Cl)cc1. The molecule has 0 saturated heterocycles. The van der Waals surface area contributed by atoms with Crippen LogP contribution in [0.1, 0.15) is 83.0 Å². The first kappa shape index (κ1) is 30.4. The molecule has 2 unspecified atom stereocenters. The molecule has 7 heteroatoms. The van der Waals surface area contributed by atoms with E-state index < -0.39 is 12.0 Å². The molecule has 2 atom stereocenters. The number of nitrogens with one attached hydrogen (secondary N) is 1. The number of fused-ring (bicyclic) bond motifs is 1. The fourth-order valence-corrected chi connectivity index (χ4v) is 6.52. The number of carbonyl (C=O) groups excluding carboxylic acids is 3. The van der Waals surface area contributed by atoms with Gasteiger partial charge in [-0.3, -0.25) is 14.5 Å². The molecule has 1 aliphatic heterocycles. The van der Waals surface area contributed by atoms with Gasteiger partial charge in [-0.05, 0) is 70.8 Å². The fourth-order valence-electron chi connectivity index (χ4n) is 6.30. The summed E-state index contributed by atoms with van der Waals surface area (Å²) in [6, 6.07) is 29.2. The number of rotatable bonds is 4. The summed E-state index contributed by atoms with van der Waals surface area (Å²) in [6.45, 7) is 6.55. The van der Waals surface area contributed by atoms with E-state index >= 15 is 0 Å². The zero-order chi connectivity index (χ0) is 31.9. The second-order valence-corrected chi connectivity index (χ2v) is 13.0. The number of methoxy groups -OCH3 is 1. The normalized spacial score (nSPS) is 18.0. The highest BCUT2D eigenvalue weighted by Gasteiger charge is 2.42. The Labute approximate surface area is 268 Å². The molecule has 6 nitrogen and oxygen atoms in total. The van der Waals surface area contributed by atoms with Gasteiger partial charge in [0.2, 0.25) is 0 Å². The van der Waals surface area contributed by atoms with Crippen molar-refractivity contribution in [3.05, 3.63) is 141 Å². The summed E-state index contributed by atoms with van der Waals surface area (Å²) in [6.07, 6.45) is 0.895. The van der Waals surface area contributed by atoms with Crippen LogP contribution in [0.25, 0.3) is 0 Å². The first-order chi connectivity index (χ1) is 21.6. The van der Waals surface area contributed by atoms with Gasteiger partial charge >= 0.3 is 5.97 Å². The van der Waals surface area contributed by atoms with E-state index in [1.54, 1.807) is 53.4 Å². The Hall–Kier alpha value is -4.68. The number of ketones is 1. The van der Waals surface area contributed by atoms with Crippen LogP contribution in [0.2, 0.25) is 5.02 Å². The van der Waals surface area contributed by atoms with Gasteiger partial charge in [-0.25, -0.2) is 4.79 Å². The van der Waals surface area contributed by atoms with Crippen molar-refractivity contribution in [1.29, 1.82) is 0 Å². The zero-order valence-corrected chi connectivity index (χ0v) is 26.5. The molecule has 2 aliphatic rings. The summed E-state index contributed by atoms with van der Waals surface area (Å²) >= 11 is 6.57. The molecule has 0 aromatic heterocycles. The Bertz CT molecular complexity index is 1820. The summed E-state index contributed by atoms with van der Waals surface area (Å²) < 4.78 is 4.91. The Balaban J connectivity index is 1.52. The molecule has 228 valence electrons. The molecule has 0 bridgehead atoms. The Morgan fingerprint density at radius 2 is 1.49 bits per heavy atom. The number of Topliss-reactive ketones (excluding diaryl/α,β-unsaturated/α-hetero) is 1. The number of hydrogen-bond donors (Lipinski definition) is 1. The van der Waals surface area contributed by atoms with E-state index in [0.29, 0.717) is 45.8 Å². The third-order valence-electron chi connectivity index (χ3n) is 8.71. The minimum atomic E-state index is -0.775. The first-order valence-corrected chi connectivity index (χ1v) is 15.4. The van der Waals surface area contributed by atoms with Crippen molar-refractivity contribution >= 4 is 40.6 Å². The van der Waals surface area contributed by atoms with Gasteiger partial charge in [0.15, 0.2) is 5.78 Å². The Morgan fingerprint density at radius 3 is 2.16 bits per heavy atom. The number of esters is 1. The lowest BCUT2D eigenvalue weighted by Gasteiger charge is -2.35. The number of carbonyl (C=O) groups is 3. The molecule has 0 saturated carbocycles. The largest absolute Gasteiger partial charge is 0.465 e. The van der Waals surface area contributed by atoms with E-state index in [4.69, 9.17) is 16.3 Å². The molecule has 45 heavy (non-hydrogen) atoms. The van der Waals surface area contributed by atoms with Gasteiger partial charge in [0, 0.05) is 17.7 Å². The molecular formula is C38H35ClN2O4. The highest BCUT2D eigenvalue weighted by Crippen LogP contribution is 2.48. The standard InChI is InChI=1S/C38H35ClN2O4/c1-38(2,3)27-19-17-23(18-20-27)26-21-31-34(33(42)22-26)35(24-13-15-25(16-14-24)37(44)45-4)41(32-12-8-7-11-30(32)40-31)36(43)28-9-5-6-10-29(28)39/h5-20,26,35,40H,21-22H2,1-4H3. The summed E-state index contributed by atoms with van der Waals surface area (Å²) in [5, 5.41) is 3.89. The van der Waals surface area contributed by atoms with Gasteiger partial charge < -0.3 is 10.1 Å². The van der Waals surface area contributed by atoms with Crippen molar-refractivity contribution in [3.63, 3.8) is 0 Å². The minimum absolute atomic E-state index is 0.0252. The maximum absolute atomic E-state index is 14.5. The molecule has 1 N–H and O–H groups in total. The molecular weight excluding hydrogens is 584 g/mol. The lowest BCUT2D eigenvalue weighted by atomic mass is 9.77. The van der Waals surface area contributed by atoms with Gasteiger partial charge in [0.25, 0.3) is 5.91 Å². The third kappa shape index (κ3) is 5.78. The van der Waals surface area contributed by atoms with Gasteiger partial charge in [0.1, 0.15) is 0 Å². The molecule has 4 aromatic carbocycles. The van der Waals surface area contributed by atoms with E-state index in [-0.39, 0.29) is 23.0 Å². The van der Waals surface area contributed by atoms with Crippen LogP contribution in [0.5, 0.6) is 0 Å². The van der Waals surface area contributed by atoms with E-state index in [1.165, 1.54) is 12.7 Å². The van der Waals surface area contributed by atoms with Crippen LogP contribution < -0.4 is 10.2 Å². The number of benzene rings is 4. The number of amides is 1. The average Bonchev–Trinajstić information content (AvgIpc) is 3.19. The molecule has 0 radical (unpaired) electrons. The fraction of sp³-hybridized carbons (Fsp3) is 0.237. The Kier molecular flexibility index (Phi) is 8.10. The number of ether oxygens (including phenoxy) is 1. The topological polar surface area (TPSA) is 75.7 Å². The van der Waals surface area contributed by atoms with Crippen molar-refractivity contribution < 1.29 is 19.1 Å². The minimum Gasteiger partial charge on any atom is -0.465 e. The summed E-state index contributed by atoms with van der Waals surface area (Å²) in [5.41, 5.74) is 6.40. The molecule has 1 aliphatic carbocycles. The first-order valence-electron chi connectivity index (χ1n) is 15.1. The number of para-hydroxylation sites is 2. The van der Waals surface area contributed by atoms with Crippen LogP contribution in [0.15, 0.2) is 108 Å². The number of hydrogen-bond acceptors (Lipinski definition) is 5. The molecule has 4 aromatic rings. The van der Waals surface area contributed by atoms with E-state index in [1.807, 2.05) is 24.3 Å². The van der Waals surface area contributed by atoms with Crippen LogP contribution >= 0.6 is 11.6 Å². The highest BCUT2D eigenvalue weighted by atomic mass is 35.5. The van der Waals surface area contributed by atoms with Gasteiger partial charge in [-0.15, -0.1) is 0 Å². The van der Waals surface area contributed by atoms with Crippen molar-refractivity contribution in [3.8, 4) is 0 Å². The number of allylic oxidation sites excluding steroid dienone is 1. The van der Waals surface area contributed by atoms with Crippen LogP contribution in [0, 0.1) is 0 Å². The van der Waals surface area contributed by atoms with Crippen molar-refractivity contribution in [2.75, 3.05) is 17.3 Å². The monoisotopic (exact) mass is 618 g/mol. The zero-order valence-electron chi connectivity index (χ0n) is 25.8. The second-order valence-electron chi connectivity index (χ2n) is 12.6. The predicted molar refractivity (Wildman–Crippen MR) is 178 cm³/mol. The predicted octanol–water partition coefficient (Wildman–Crippen LogP) is 8.64. The van der Waals surface area contributed by atoms with Gasteiger partial charge in [0.05, 0.1) is 40.7 Å². The van der Waals surface area contributed by atoms with Gasteiger partial charge in [-0.1, -0.05) is 93.0 Å². The molecule has 6 rings (SSSR count). The lowest BCUT2D eigenvalue weighted by molar-refractivity contribution is -0.116. The quantitative estimate of drug-likeness (QED) is 0.232. The number of halogens is 1. The number of anilines is 2. The van der Waals surface area contributed by atoms with Crippen LogP contribution in [0.3, 0.4) is 0 Å². The van der Waals surface area contributed by atoms with Crippen molar-refractivity contribution in [2.45, 2.75) is 51.0 Å². The maximum atomic E-state index is 14.5. The molecule has 1 heterocycles. The van der Waals surface area contributed by atoms with Crippen molar-refractivity contribution in [1.82, 2.24) is 0 Å². The van der Waals surface area contributed by atoms with Crippen LogP contribution in [0.4, 0.5) is 11.4 Å². The van der Waals surface area contributed by atoms with Gasteiger partial charge in [-0.2, -0.15) is 0 Å². The summed E-state index contributed by atoms with van der Waals surface area (Å²) in [7, 11) is 1.33. The highest BCUT2D eigenvalue weighted by molar-refractivity contribution is 6.34. The van der Waals surface area contributed by atoms with Crippen LogP contribution in [-0.2, 0) is 14.9 Å². The van der Waals surface area contributed by atoms with E-state index in [9.17, 15) is 14.4 Å². The average molecular weight is 619 g/mol. The third-order valence-corrected chi connectivity index (χ3v) is 9.04. The maximum Gasteiger partial charge on any atom is 0.337 e. The molecule has 0 spiro atoms. The molecule has 1 amide bonds. The van der Waals surface area contributed by atoms with Crippen molar-refractivity contribution in [2.24, 2.45) is 0 Å². The summed E-state index contributed by atoms with van der Waals surface area (Å²) in [5.74, 6) is -0.871. The smallest absolute Gasteiger partial charge is 0.337 e. The number of nitrogens with zero attached hydrogens (tertiary/aromatic N) is 1. The molecule has 0 fully saturated rings. The van der Waals surface area contributed by atoms with E-state index in [0.717, 1.165) is 16.9 Å². The Morgan fingerprint density at radius 1 is 0.844 bits per heavy atom. The van der Waals surface area contributed by atoms with E-state index in [2.05, 4.69) is 50.4 Å². The second kappa shape index (κ2) is 12.0. The lowest BCUT2D eigenvalue weighted by Crippen LogP contribution is -2.38. The van der Waals surface area contributed by atoms with Crippen LogP contribution in [-0.4, -0.2) is 24.8 Å². The summed E-state index contributed by atoms with van der Waals surface area (Å²) in [4.78, 5) is 42.8.